The molecule has 4 aromatic carbocycles. The highest BCUT2D eigenvalue weighted by atomic mass is 16.7. The first kappa shape index (κ1) is 91.1. The van der Waals surface area contributed by atoms with Crippen molar-refractivity contribution in [2.24, 2.45) is 35.3 Å². The highest BCUT2D eigenvalue weighted by Crippen LogP contribution is 2.35. The molecule has 3 heterocycles. The van der Waals surface area contributed by atoms with Crippen LogP contribution in [0.2, 0.25) is 0 Å². The lowest BCUT2D eigenvalue weighted by molar-refractivity contribution is -0.314. The van der Waals surface area contributed by atoms with Gasteiger partial charge in [-0.3, -0.25) is 43.8 Å². The van der Waals surface area contributed by atoms with Crippen molar-refractivity contribution in [3.8, 4) is 11.8 Å². The van der Waals surface area contributed by atoms with Crippen molar-refractivity contribution in [1.29, 1.82) is 0 Å². The van der Waals surface area contributed by atoms with Gasteiger partial charge in [0.05, 0.1) is 49.6 Å². The van der Waals surface area contributed by atoms with E-state index >= 15 is 0 Å². The summed E-state index contributed by atoms with van der Waals surface area (Å²) >= 11 is 0. The van der Waals surface area contributed by atoms with Gasteiger partial charge in [-0.15, -0.1) is 0 Å². The molecule has 18 unspecified atom stereocenters. The van der Waals surface area contributed by atoms with Crippen LogP contribution in [0.15, 0.2) is 103 Å². The number of benzene rings is 4. The minimum absolute atomic E-state index is 0.0468. The van der Waals surface area contributed by atoms with Crippen molar-refractivity contribution >= 4 is 64.8 Å². The molecule has 2 fully saturated rings. The number of nitrogens with zero attached hydrogens (tertiary/aromatic N) is 4. The number of anilines is 2. The van der Waals surface area contributed by atoms with E-state index in [1.807, 2.05) is 56.3 Å². The molecule has 30 heteroatoms. The Bertz CT molecular complexity index is 3880. The molecule has 0 saturated carbocycles. The number of hydrogen-bond acceptors (Lipinski definition) is 20. The maximum atomic E-state index is 15.0. The Morgan fingerprint density at radius 2 is 1.35 bits per heavy atom. The topological polar surface area (TPSA) is 412 Å². The first-order valence-electron chi connectivity index (χ1n) is 39.0. The van der Waals surface area contributed by atoms with Crippen molar-refractivity contribution in [2.75, 3.05) is 58.2 Å². The molecule has 0 aromatic heterocycles. The molecule has 2 saturated heterocycles. The maximum absolute atomic E-state index is 15.0. The highest BCUT2D eigenvalue weighted by Gasteiger charge is 2.48. The fraction of sp³-hybridized carbons (Fsp3) is 0.578. The summed E-state index contributed by atoms with van der Waals surface area (Å²) in [5.74, 6) is 0.606. The van der Waals surface area contributed by atoms with Gasteiger partial charge in [0.2, 0.25) is 41.4 Å². The molecule has 3 aliphatic heterocycles. The number of nitrogens with two attached hydrogens (primary N) is 1. The van der Waals surface area contributed by atoms with E-state index in [1.54, 1.807) is 133 Å². The Morgan fingerprint density at radius 1 is 0.708 bits per heavy atom. The molecule has 4 aromatic rings. The largest absolute Gasteiger partial charge is 0.445 e. The monoisotopic (exact) mass is 1570 g/mol. The van der Waals surface area contributed by atoms with Crippen molar-refractivity contribution in [3.63, 3.8) is 0 Å². The molecule has 0 aliphatic carbocycles. The van der Waals surface area contributed by atoms with E-state index < -0.39 is 169 Å². The number of fused-ring (bicyclic) bond motifs is 2. The zero-order valence-corrected chi connectivity index (χ0v) is 67.4. The number of primary amides is 1. The number of carbonyl (C=O) groups is 9. The lowest BCUT2D eigenvalue weighted by Crippen LogP contribution is -2.60. The zero-order chi connectivity index (χ0) is 83.1. The van der Waals surface area contributed by atoms with Crippen molar-refractivity contribution in [2.45, 2.75) is 231 Å². The summed E-state index contributed by atoms with van der Waals surface area (Å²) in [7, 11) is 6.04. The third kappa shape index (κ3) is 24.5. The van der Waals surface area contributed by atoms with Crippen LogP contribution in [0.4, 0.5) is 21.0 Å². The number of carbonyl (C=O) groups excluding carboxylic acids is 9. The van der Waals surface area contributed by atoms with Crippen LogP contribution in [0.25, 0.3) is 0 Å². The van der Waals surface area contributed by atoms with Crippen molar-refractivity contribution in [1.82, 2.24) is 41.3 Å². The van der Waals surface area contributed by atoms with Crippen molar-refractivity contribution < 1.29 is 92.4 Å². The maximum Gasteiger partial charge on any atom is 0.410 e. The molecular weight excluding hydrogens is 1450 g/mol. The van der Waals surface area contributed by atoms with Crippen LogP contribution >= 0.6 is 0 Å². The van der Waals surface area contributed by atoms with Gasteiger partial charge >= 0.3 is 12.1 Å². The van der Waals surface area contributed by atoms with E-state index in [0.717, 1.165) is 16.0 Å². The van der Waals surface area contributed by atoms with E-state index in [1.165, 1.54) is 26.2 Å². The fourth-order valence-corrected chi connectivity index (χ4v) is 14.9. The second-order valence-electron chi connectivity index (χ2n) is 30.7. The number of aliphatic hydroxyl groups is 5. The Labute approximate surface area is 663 Å². The number of nitrogens with one attached hydrogen (secondary N) is 6. The van der Waals surface area contributed by atoms with Gasteiger partial charge in [0.25, 0.3) is 0 Å². The number of aliphatic hydroxyl groups excluding tert-OH is 5. The summed E-state index contributed by atoms with van der Waals surface area (Å²) in [5, 5.41) is 70.7. The molecule has 113 heavy (non-hydrogen) atoms. The van der Waals surface area contributed by atoms with E-state index in [-0.39, 0.29) is 69.5 Å². The summed E-state index contributed by atoms with van der Waals surface area (Å²) in [4.78, 5) is 132. The molecular formula is C83H119N11O19. The van der Waals surface area contributed by atoms with Gasteiger partial charge in [0, 0.05) is 83.0 Å². The van der Waals surface area contributed by atoms with Gasteiger partial charge in [-0.1, -0.05) is 153 Å². The second-order valence-corrected chi connectivity index (χ2v) is 30.7. The van der Waals surface area contributed by atoms with Gasteiger partial charge < -0.3 is 96.2 Å². The number of ether oxygens (including phenoxy) is 5. The second kappa shape index (κ2) is 43.4. The van der Waals surface area contributed by atoms with Crippen LogP contribution in [0, 0.1) is 41.4 Å². The molecule has 7 rings (SSSR count). The third-order valence-electron chi connectivity index (χ3n) is 21.5. The van der Waals surface area contributed by atoms with Gasteiger partial charge in [-0.2, -0.15) is 0 Å². The standard InChI is InChI=1S/C83H119N11O19/c1-15-50(8)70(62(109-13)43-66(98)93-42-24-32-61(93)74(110-14)51(9)76(102)86-52(10)75(56-27-17-16-18-28-56)113-81-73(101)72(100)71(99)63(45-95)112-81)91(11)80(106)68(48(4)5)90-79(105)69(49(6)7)92(12)83(108)111-46-53-33-37-58(38-34-53)87-77(103)59(30-23-41-85-82(84)107)88-78(104)67(47(2)3)89-64(96)39-40-65(97)94-44-57-29-20-19-25-54(57)35-36-55-26-21-22-31-60(55)94/h16-22,25-29,31,33-34,37-38,47-52,59,61-63,67-76,81,86,95,99-102H,15,23-24,30,32,39-46H2,1-14H3,(H,87,103)(H,88,104)(H,89,96)(H,90,105)(H3,84,85,107). The van der Waals surface area contributed by atoms with E-state index in [0.29, 0.717) is 53.9 Å². The first-order valence-corrected chi connectivity index (χ1v) is 39.0. The first-order chi connectivity index (χ1) is 53.7. The summed E-state index contributed by atoms with van der Waals surface area (Å²) in [6.07, 6.45) is -10.7. The van der Waals surface area contributed by atoms with Gasteiger partial charge in [-0.25, -0.2) is 9.59 Å². The summed E-state index contributed by atoms with van der Waals surface area (Å²) in [5.41, 5.74) is 9.66. The van der Waals surface area contributed by atoms with Gasteiger partial charge in [0.15, 0.2) is 6.29 Å². The molecule has 0 bridgehead atoms. The molecule has 30 nitrogen and oxygen atoms in total. The van der Waals surface area contributed by atoms with Crippen molar-refractivity contribution in [3.05, 3.63) is 131 Å². The van der Waals surface area contributed by atoms with Crippen LogP contribution in [0.5, 0.6) is 0 Å². The molecule has 0 radical (unpaired) electrons. The molecule has 3 aliphatic rings. The predicted octanol–water partition coefficient (Wildman–Crippen LogP) is 4.93. The van der Waals surface area contributed by atoms with Gasteiger partial charge in [0.1, 0.15) is 67.5 Å². The normalized spacial score (nSPS) is 20.6. The van der Waals surface area contributed by atoms with E-state index in [2.05, 4.69) is 43.7 Å². The lowest BCUT2D eigenvalue weighted by atomic mass is 9.89. The minimum Gasteiger partial charge on any atom is -0.445 e. The molecule has 18 atom stereocenters. The molecule has 13 N–H and O–H groups in total. The van der Waals surface area contributed by atoms with Crippen LogP contribution in [-0.4, -0.2) is 233 Å². The number of urea groups is 1. The molecule has 10 amide bonds. The lowest BCUT2D eigenvalue weighted by Gasteiger charge is -2.42. The van der Waals surface area contributed by atoms with Crippen LogP contribution in [0.1, 0.15) is 155 Å². The molecule has 620 valence electrons. The summed E-state index contributed by atoms with van der Waals surface area (Å²) in [6, 6.07) is 23.0. The molecule has 0 spiro atoms. The van der Waals surface area contributed by atoms with Crippen LogP contribution in [0.3, 0.4) is 0 Å². The average Bonchev–Trinajstić information content (AvgIpc) is 1.62. The Balaban J connectivity index is 0.937. The Morgan fingerprint density at radius 3 is 1.98 bits per heavy atom. The summed E-state index contributed by atoms with van der Waals surface area (Å²) in [6.45, 7) is 17.8. The predicted molar refractivity (Wildman–Crippen MR) is 422 cm³/mol. The Kier molecular flexibility index (Phi) is 35.0. The number of likely N-dealkylation sites (N-methyl/N-ethyl adjacent to an activating group) is 2. The van der Waals surface area contributed by atoms with E-state index in [9.17, 15) is 68.7 Å². The number of methoxy groups -OCH3 is 2. The number of rotatable bonds is 39. The quantitative estimate of drug-likeness (QED) is 0.0160. The minimum atomic E-state index is -1.68. The average molecular weight is 1570 g/mol. The Hall–Kier alpha value is -9.13. The fourth-order valence-electron chi connectivity index (χ4n) is 14.9. The zero-order valence-electron chi connectivity index (χ0n) is 67.4. The van der Waals surface area contributed by atoms with E-state index in [4.69, 9.17) is 29.4 Å². The number of likely N-dealkylation sites (tertiary alicyclic amines) is 1. The number of hydrogen-bond donors (Lipinski definition) is 12. The van der Waals surface area contributed by atoms with Crippen LogP contribution < -0.4 is 42.5 Å². The SMILES string of the molecule is CCC(C)C(C(CC(=O)N1CCCC1C(OC)C(C)C(O)NC(C)C(OC1OC(CO)C(O)C(O)C1O)c1ccccc1)OC)N(C)C(=O)C(NC(=O)C(C(C)C)N(C)C(=O)OCc1ccc(NC(=O)C(CCCNC(N)=O)NC(=O)C(NC(=O)CCC(=O)N2Cc3ccccc3C#Cc3ccccc32)C(C)C)cc1)C(C)C. The third-order valence-corrected chi connectivity index (χ3v) is 21.5. The number of para-hydroxylation sites is 1. The smallest absolute Gasteiger partial charge is 0.410 e. The van der Waals surface area contributed by atoms with Gasteiger partial charge in [-0.05, 0) is 103 Å². The van der Waals surface area contributed by atoms with Crippen LogP contribution in [-0.2, 0) is 70.4 Å². The summed E-state index contributed by atoms with van der Waals surface area (Å²) < 4.78 is 30.0. The number of amides is 10. The highest BCUT2D eigenvalue weighted by molar-refractivity contribution is 6.00.